The maximum absolute atomic E-state index is 12.9. The summed E-state index contributed by atoms with van der Waals surface area (Å²) >= 11 is 0. The largest absolute Gasteiger partial charge is 0.493 e. The summed E-state index contributed by atoms with van der Waals surface area (Å²) in [6.07, 6.45) is 0.751. The summed E-state index contributed by atoms with van der Waals surface area (Å²) in [4.78, 5) is 40.8. The number of nitrogens with one attached hydrogen (secondary N) is 2. The lowest BCUT2D eigenvalue weighted by molar-refractivity contribution is 0.0963. The first-order valence-electron chi connectivity index (χ1n) is 9.88. The van der Waals surface area contributed by atoms with E-state index in [0.29, 0.717) is 34.9 Å². The Morgan fingerprint density at radius 3 is 2.42 bits per heavy atom. The Kier molecular flexibility index (Phi) is 5.58. The number of hydrogen-bond acceptors (Lipinski definition) is 5. The van der Waals surface area contributed by atoms with Crippen LogP contribution in [-0.2, 0) is 6.42 Å². The van der Waals surface area contributed by atoms with Crippen LogP contribution >= 0.6 is 0 Å². The van der Waals surface area contributed by atoms with Crippen molar-refractivity contribution in [2.75, 3.05) is 19.5 Å². The second kappa shape index (κ2) is 8.47. The molecule has 1 amide bonds. The van der Waals surface area contributed by atoms with Gasteiger partial charge in [-0.3, -0.25) is 14.4 Å². The molecule has 2 aromatic carbocycles. The summed E-state index contributed by atoms with van der Waals surface area (Å²) in [6.45, 7) is 0. The third-order valence-corrected chi connectivity index (χ3v) is 5.46. The lowest BCUT2D eigenvalue weighted by atomic mass is 9.81. The van der Waals surface area contributed by atoms with Gasteiger partial charge in [0.25, 0.3) is 11.5 Å². The lowest BCUT2D eigenvalue weighted by Gasteiger charge is -2.24. The van der Waals surface area contributed by atoms with Crippen LogP contribution in [0.2, 0.25) is 0 Å². The SMILES string of the molecule is COc1ccc([C@@H]2CC(=O)c3cc(C(=O)Nc4ccccc4)c(=O)[nH]c3C2)cc1OC. The van der Waals surface area contributed by atoms with Crippen molar-refractivity contribution < 1.29 is 19.1 Å². The minimum Gasteiger partial charge on any atom is -0.493 e. The van der Waals surface area contributed by atoms with E-state index in [2.05, 4.69) is 10.3 Å². The molecule has 0 saturated carbocycles. The van der Waals surface area contributed by atoms with Crippen molar-refractivity contribution in [1.29, 1.82) is 0 Å². The van der Waals surface area contributed by atoms with Crippen LogP contribution < -0.4 is 20.3 Å². The van der Waals surface area contributed by atoms with Gasteiger partial charge in [-0.2, -0.15) is 0 Å². The average Bonchev–Trinajstić information content (AvgIpc) is 2.78. The Morgan fingerprint density at radius 1 is 0.968 bits per heavy atom. The summed E-state index contributed by atoms with van der Waals surface area (Å²) in [5.41, 5.74) is 1.81. The van der Waals surface area contributed by atoms with Gasteiger partial charge < -0.3 is 19.8 Å². The normalized spacial score (nSPS) is 15.2. The third-order valence-electron chi connectivity index (χ3n) is 5.46. The van der Waals surface area contributed by atoms with Crippen molar-refractivity contribution in [3.05, 3.63) is 87.3 Å². The number of para-hydroxylation sites is 1. The van der Waals surface area contributed by atoms with E-state index in [1.807, 2.05) is 18.2 Å². The number of rotatable bonds is 5. The van der Waals surface area contributed by atoms with Gasteiger partial charge in [0, 0.05) is 23.4 Å². The molecule has 7 heteroatoms. The molecule has 7 nitrogen and oxygen atoms in total. The number of Topliss-reactive ketones (excluding diaryl/α,β-unsaturated/α-hetero) is 1. The molecule has 0 unspecified atom stereocenters. The Balaban J connectivity index is 1.62. The van der Waals surface area contributed by atoms with Gasteiger partial charge in [-0.05, 0) is 48.2 Å². The fourth-order valence-corrected chi connectivity index (χ4v) is 3.86. The fraction of sp³-hybridized carbons (Fsp3) is 0.208. The second-order valence-corrected chi connectivity index (χ2v) is 7.37. The van der Waals surface area contributed by atoms with Crippen molar-refractivity contribution in [3.63, 3.8) is 0 Å². The number of aromatic nitrogens is 1. The number of carbonyl (C=O) groups is 2. The number of ketones is 1. The molecule has 1 aliphatic rings. The van der Waals surface area contributed by atoms with Crippen LogP contribution in [0.15, 0.2) is 59.4 Å². The van der Waals surface area contributed by atoms with Crippen molar-refractivity contribution >= 4 is 17.4 Å². The van der Waals surface area contributed by atoms with Crippen molar-refractivity contribution in [2.45, 2.75) is 18.8 Å². The third kappa shape index (κ3) is 4.07. The molecule has 0 spiro atoms. The first-order chi connectivity index (χ1) is 15.0. The number of aromatic amines is 1. The van der Waals surface area contributed by atoms with E-state index in [1.54, 1.807) is 44.6 Å². The molecule has 4 rings (SSSR count). The van der Waals surface area contributed by atoms with Gasteiger partial charge in [-0.15, -0.1) is 0 Å². The number of carbonyl (C=O) groups excluding carboxylic acids is 2. The van der Waals surface area contributed by atoms with Crippen LogP contribution in [0.25, 0.3) is 0 Å². The van der Waals surface area contributed by atoms with Crippen LogP contribution in [0.1, 0.15) is 44.3 Å². The number of pyridine rings is 1. The number of anilines is 1. The maximum Gasteiger partial charge on any atom is 0.261 e. The van der Waals surface area contributed by atoms with Crippen molar-refractivity contribution in [2.24, 2.45) is 0 Å². The summed E-state index contributed by atoms with van der Waals surface area (Å²) in [7, 11) is 3.12. The van der Waals surface area contributed by atoms with Crippen molar-refractivity contribution in [1.82, 2.24) is 4.98 Å². The minimum absolute atomic E-state index is 0.0829. The standard InChI is InChI=1S/C24H22N2O5/c1-30-21-9-8-14(12-22(21)31-2)15-10-19-17(20(27)11-15)13-18(24(29)26-19)23(28)25-16-6-4-3-5-7-16/h3-9,12-13,15H,10-11H2,1-2H3,(H,25,28)(H,26,29)/t15-/m0/s1. The quantitative estimate of drug-likeness (QED) is 0.660. The van der Waals surface area contributed by atoms with Crippen LogP contribution in [0, 0.1) is 0 Å². The number of H-pyrrole nitrogens is 1. The number of fused-ring (bicyclic) bond motifs is 1. The molecule has 1 aromatic heterocycles. The first kappa shape index (κ1) is 20.4. The Morgan fingerprint density at radius 2 is 1.71 bits per heavy atom. The topological polar surface area (TPSA) is 97.5 Å². The molecule has 1 aliphatic carbocycles. The molecule has 0 fully saturated rings. The van der Waals surface area contributed by atoms with E-state index >= 15 is 0 Å². The molecule has 1 heterocycles. The van der Waals surface area contributed by atoms with Gasteiger partial charge in [0.1, 0.15) is 5.56 Å². The fourth-order valence-electron chi connectivity index (χ4n) is 3.86. The molecule has 2 N–H and O–H groups in total. The van der Waals surface area contributed by atoms with Gasteiger partial charge in [0.2, 0.25) is 0 Å². The van der Waals surface area contributed by atoms with E-state index in [-0.39, 0.29) is 23.7 Å². The predicted molar refractivity (Wildman–Crippen MR) is 116 cm³/mol. The van der Waals surface area contributed by atoms with E-state index in [1.165, 1.54) is 6.07 Å². The molecule has 0 radical (unpaired) electrons. The number of ether oxygens (including phenoxy) is 2. The molecule has 0 saturated heterocycles. The second-order valence-electron chi connectivity index (χ2n) is 7.37. The number of amides is 1. The van der Waals surface area contributed by atoms with Gasteiger partial charge in [-0.25, -0.2) is 0 Å². The molecule has 158 valence electrons. The molecule has 0 aliphatic heterocycles. The zero-order valence-electron chi connectivity index (χ0n) is 17.2. The first-order valence-corrected chi connectivity index (χ1v) is 9.88. The highest BCUT2D eigenvalue weighted by Crippen LogP contribution is 2.36. The number of methoxy groups -OCH3 is 2. The van der Waals surface area contributed by atoms with Crippen LogP contribution in [0.5, 0.6) is 11.5 Å². The summed E-state index contributed by atoms with van der Waals surface area (Å²) < 4.78 is 10.6. The van der Waals surface area contributed by atoms with E-state index in [0.717, 1.165) is 5.56 Å². The Hall–Kier alpha value is -3.87. The average molecular weight is 418 g/mol. The highest BCUT2D eigenvalue weighted by atomic mass is 16.5. The Bertz CT molecular complexity index is 1200. The molecule has 1 atom stereocenters. The zero-order chi connectivity index (χ0) is 22.0. The summed E-state index contributed by atoms with van der Waals surface area (Å²) in [5, 5.41) is 2.68. The lowest BCUT2D eigenvalue weighted by Crippen LogP contribution is -2.29. The smallest absolute Gasteiger partial charge is 0.261 e. The highest BCUT2D eigenvalue weighted by Gasteiger charge is 2.29. The molecular weight excluding hydrogens is 396 g/mol. The van der Waals surface area contributed by atoms with Crippen LogP contribution in [0.4, 0.5) is 5.69 Å². The number of benzene rings is 2. The monoisotopic (exact) mass is 418 g/mol. The van der Waals surface area contributed by atoms with Crippen molar-refractivity contribution in [3.8, 4) is 11.5 Å². The predicted octanol–water partition coefficient (Wildman–Crippen LogP) is 3.56. The minimum atomic E-state index is -0.551. The zero-order valence-corrected chi connectivity index (χ0v) is 17.2. The molecule has 0 bridgehead atoms. The highest BCUT2D eigenvalue weighted by molar-refractivity contribution is 6.06. The van der Waals surface area contributed by atoms with E-state index in [4.69, 9.17) is 9.47 Å². The van der Waals surface area contributed by atoms with Gasteiger partial charge >= 0.3 is 0 Å². The van der Waals surface area contributed by atoms with Gasteiger partial charge in [0.15, 0.2) is 17.3 Å². The molecule has 3 aromatic rings. The molecular formula is C24H22N2O5. The van der Waals surface area contributed by atoms with E-state index < -0.39 is 11.5 Å². The maximum atomic E-state index is 12.9. The van der Waals surface area contributed by atoms with Crippen LogP contribution in [-0.4, -0.2) is 30.9 Å². The van der Waals surface area contributed by atoms with Gasteiger partial charge in [0.05, 0.1) is 14.2 Å². The molecule has 31 heavy (non-hydrogen) atoms. The van der Waals surface area contributed by atoms with Gasteiger partial charge in [-0.1, -0.05) is 24.3 Å². The van der Waals surface area contributed by atoms with E-state index in [9.17, 15) is 14.4 Å². The number of hydrogen-bond donors (Lipinski definition) is 2. The summed E-state index contributed by atoms with van der Waals surface area (Å²) in [6, 6.07) is 15.8. The van der Waals surface area contributed by atoms with Crippen LogP contribution in [0.3, 0.4) is 0 Å². The summed E-state index contributed by atoms with van der Waals surface area (Å²) in [5.74, 6) is 0.409. The Labute approximate surface area is 179 Å².